The van der Waals surface area contributed by atoms with Gasteiger partial charge in [0.25, 0.3) is 5.91 Å². The van der Waals surface area contributed by atoms with E-state index in [9.17, 15) is 4.79 Å². The lowest BCUT2D eigenvalue weighted by atomic mass is 9.99. The molecule has 0 saturated heterocycles. The number of carbonyl (C=O) groups is 1. The highest BCUT2D eigenvalue weighted by Gasteiger charge is 2.20. The Morgan fingerprint density at radius 1 is 1.33 bits per heavy atom. The van der Waals surface area contributed by atoms with Crippen molar-refractivity contribution in [1.29, 1.82) is 0 Å². The Hall–Kier alpha value is -1.77. The largest absolute Gasteiger partial charge is 0.351 e. The summed E-state index contributed by atoms with van der Waals surface area (Å²) in [5, 5.41) is 4.13. The van der Waals surface area contributed by atoms with Crippen molar-refractivity contribution in [2.24, 2.45) is 0 Å². The quantitative estimate of drug-likeness (QED) is 0.849. The lowest BCUT2D eigenvalue weighted by Crippen LogP contribution is -2.43. The van der Waals surface area contributed by atoms with E-state index in [0.717, 1.165) is 23.7 Å². The number of H-pyrrole nitrogens is 1. The molecule has 1 aromatic carbocycles. The van der Waals surface area contributed by atoms with Crippen LogP contribution in [-0.4, -0.2) is 16.4 Å². The lowest BCUT2D eigenvalue weighted by Gasteiger charge is -2.25. The number of hydrogen-bond donors (Lipinski definition) is 2. The molecule has 1 amide bonds. The number of fused-ring (bicyclic) bond motifs is 1. The zero-order valence-corrected chi connectivity index (χ0v) is 11.2. The van der Waals surface area contributed by atoms with E-state index in [1.165, 1.54) is 0 Å². The molecule has 0 saturated carbocycles. The van der Waals surface area contributed by atoms with Gasteiger partial charge in [0.1, 0.15) is 5.69 Å². The van der Waals surface area contributed by atoms with Crippen molar-refractivity contribution in [3.8, 4) is 0 Å². The zero-order chi connectivity index (χ0) is 13.2. The molecule has 2 N–H and O–H groups in total. The van der Waals surface area contributed by atoms with Crippen LogP contribution >= 0.6 is 0 Å². The number of para-hydroxylation sites is 1. The van der Waals surface area contributed by atoms with Gasteiger partial charge >= 0.3 is 0 Å². The molecule has 3 heteroatoms. The third-order valence-electron chi connectivity index (χ3n) is 3.10. The zero-order valence-electron chi connectivity index (χ0n) is 11.2. The van der Waals surface area contributed by atoms with Gasteiger partial charge in [0.05, 0.1) is 0 Å². The minimum absolute atomic E-state index is 0.0374. The molecule has 0 fully saturated rings. The molecule has 3 nitrogen and oxygen atoms in total. The van der Waals surface area contributed by atoms with E-state index < -0.39 is 0 Å². The fourth-order valence-electron chi connectivity index (χ4n) is 2.26. The topological polar surface area (TPSA) is 44.9 Å². The van der Waals surface area contributed by atoms with Crippen LogP contribution in [0.2, 0.25) is 0 Å². The number of amides is 1. The molecule has 0 aliphatic rings. The van der Waals surface area contributed by atoms with E-state index in [0.29, 0.717) is 5.69 Å². The molecular formula is C15H20N2O. The number of aromatic amines is 1. The average molecular weight is 244 g/mol. The van der Waals surface area contributed by atoms with E-state index in [2.05, 4.69) is 31.1 Å². The van der Waals surface area contributed by atoms with E-state index in [1.54, 1.807) is 0 Å². The number of rotatable bonds is 4. The third kappa shape index (κ3) is 2.73. The van der Waals surface area contributed by atoms with Crippen molar-refractivity contribution in [1.82, 2.24) is 10.3 Å². The number of hydrogen-bond acceptors (Lipinski definition) is 1. The maximum absolute atomic E-state index is 12.2. The number of benzene rings is 1. The van der Waals surface area contributed by atoms with Gasteiger partial charge in [-0.05, 0) is 32.4 Å². The Morgan fingerprint density at radius 2 is 2.06 bits per heavy atom. The standard InChI is InChI=1S/C15H20N2O/c1-4-9-15(2,3)17-14(18)13-10-11-7-5-6-8-12(11)16-13/h5-8,10,16H,4,9H2,1-3H3,(H,17,18). The fraction of sp³-hybridized carbons (Fsp3) is 0.400. The van der Waals surface area contributed by atoms with Crippen LogP contribution < -0.4 is 5.32 Å². The van der Waals surface area contributed by atoms with Gasteiger partial charge in [0.15, 0.2) is 0 Å². The summed E-state index contributed by atoms with van der Waals surface area (Å²) >= 11 is 0. The van der Waals surface area contributed by atoms with Gasteiger partial charge < -0.3 is 10.3 Å². The smallest absolute Gasteiger partial charge is 0.268 e. The molecule has 2 rings (SSSR count). The number of aromatic nitrogens is 1. The molecule has 96 valence electrons. The van der Waals surface area contributed by atoms with E-state index >= 15 is 0 Å². The normalized spacial score (nSPS) is 11.7. The van der Waals surface area contributed by atoms with Crippen molar-refractivity contribution >= 4 is 16.8 Å². The van der Waals surface area contributed by atoms with Crippen LogP contribution in [0.1, 0.15) is 44.1 Å². The molecule has 2 aromatic rings. The first-order valence-electron chi connectivity index (χ1n) is 6.42. The van der Waals surface area contributed by atoms with Crippen LogP contribution in [0, 0.1) is 0 Å². The second kappa shape index (κ2) is 4.84. The van der Waals surface area contributed by atoms with Crippen LogP contribution in [0.15, 0.2) is 30.3 Å². The summed E-state index contributed by atoms with van der Waals surface area (Å²) < 4.78 is 0. The van der Waals surface area contributed by atoms with Gasteiger partial charge in [-0.3, -0.25) is 4.79 Å². The first-order valence-corrected chi connectivity index (χ1v) is 6.42. The maximum atomic E-state index is 12.2. The summed E-state index contributed by atoms with van der Waals surface area (Å²) in [6, 6.07) is 9.80. The van der Waals surface area contributed by atoms with Crippen molar-refractivity contribution < 1.29 is 4.79 Å². The second-order valence-corrected chi connectivity index (χ2v) is 5.36. The van der Waals surface area contributed by atoms with Crippen molar-refractivity contribution in [3.63, 3.8) is 0 Å². The van der Waals surface area contributed by atoms with Crippen molar-refractivity contribution in [2.75, 3.05) is 0 Å². The van der Waals surface area contributed by atoms with E-state index in [4.69, 9.17) is 0 Å². The molecule has 1 heterocycles. The Kier molecular flexibility index (Phi) is 3.41. The summed E-state index contributed by atoms with van der Waals surface area (Å²) in [5.74, 6) is -0.0374. The molecule has 0 aliphatic heterocycles. The second-order valence-electron chi connectivity index (χ2n) is 5.36. The van der Waals surface area contributed by atoms with Crippen LogP contribution in [0.3, 0.4) is 0 Å². The third-order valence-corrected chi connectivity index (χ3v) is 3.10. The van der Waals surface area contributed by atoms with Gasteiger partial charge in [-0.25, -0.2) is 0 Å². The Bertz CT molecular complexity index is 521. The summed E-state index contributed by atoms with van der Waals surface area (Å²) in [7, 11) is 0. The van der Waals surface area contributed by atoms with Gasteiger partial charge in [-0.15, -0.1) is 0 Å². The van der Waals surface area contributed by atoms with Crippen LogP contribution in [0.5, 0.6) is 0 Å². The molecule has 0 atom stereocenters. The number of nitrogens with one attached hydrogen (secondary N) is 2. The first-order chi connectivity index (χ1) is 8.52. The Morgan fingerprint density at radius 3 is 2.72 bits per heavy atom. The highest BCUT2D eigenvalue weighted by Crippen LogP contribution is 2.16. The van der Waals surface area contributed by atoms with Gasteiger partial charge in [-0.1, -0.05) is 31.5 Å². The van der Waals surface area contributed by atoms with Crippen molar-refractivity contribution in [3.05, 3.63) is 36.0 Å². The van der Waals surface area contributed by atoms with Gasteiger partial charge in [0, 0.05) is 16.4 Å². The van der Waals surface area contributed by atoms with Crippen LogP contribution in [0.4, 0.5) is 0 Å². The van der Waals surface area contributed by atoms with Gasteiger partial charge in [0.2, 0.25) is 0 Å². The Balaban J connectivity index is 2.18. The first kappa shape index (κ1) is 12.7. The summed E-state index contributed by atoms with van der Waals surface area (Å²) in [4.78, 5) is 15.3. The molecule has 1 aromatic heterocycles. The fourth-order valence-corrected chi connectivity index (χ4v) is 2.26. The molecular weight excluding hydrogens is 224 g/mol. The summed E-state index contributed by atoms with van der Waals surface area (Å²) in [6.07, 6.45) is 2.03. The average Bonchev–Trinajstić information content (AvgIpc) is 2.71. The summed E-state index contributed by atoms with van der Waals surface area (Å²) in [6.45, 7) is 6.23. The molecule has 0 unspecified atom stereocenters. The maximum Gasteiger partial charge on any atom is 0.268 e. The SMILES string of the molecule is CCCC(C)(C)NC(=O)c1cc2ccccc2[nH]1. The minimum atomic E-state index is -0.164. The molecule has 18 heavy (non-hydrogen) atoms. The molecule has 0 spiro atoms. The van der Waals surface area contributed by atoms with Crippen molar-refractivity contribution in [2.45, 2.75) is 39.2 Å². The number of carbonyl (C=O) groups excluding carboxylic acids is 1. The Labute approximate surface area is 108 Å². The highest BCUT2D eigenvalue weighted by atomic mass is 16.2. The predicted molar refractivity (Wildman–Crippen MR) is 74.8 cm³/mol. The molecule has 0 aliphatic carbocycles. The molecule has 0 bridgehead atoms. The van der Waals surface area contributed by atoms with Crippen LogP contribution in [0.25, 0.3) is 10.9 Å². The monoisotopic (exact) mass is 244 g/mol. The predicted octanol–water partition coefficient (Wildman–Crippen LogP) is 3.48. The summed E-state index contributed by atoms with van der Waals surface area (Å²) in [5.41, 5.74) is 1.46. The molecule has 0 radical (unpaired) electrons. The van der Waals surface area contributed by atoms with E-state index in [1.807, 2.05) is 30.3 Å². The van der Waals surface area contributed by atoms with Crippen LogP contribution in [-0.2, 0) is 0 Å². The minimum Gasteiger partial charge on any atom is -0.351 e. The highest BCUT2D eigenvalue weighted by molar-refractivity contribution is 5.98. The van der Waals surface area contributed by atoms with Gasteiger partial charge in [-0.2, -0.15) is 0 Å². The lowest BCUT2D eigenvalue weighted by molar-refractivity contribution is 0.0904. The van der Waals surface area contributed by atoms with E-state index in [-0.39, 0.29) is 11.4 Å².